The van der Waals surface area contributed by atoms with Crippen LogP contribution in [0.2, 0.25) is 0 Å². The molecular weight excluding hydrogens is 148 g/mol. The predicted molar refractivity (Wildman–Crippen MR) is 48.8 cm³/mol. The monoisotopic (exact) mass is 164 g/mol. The zero-order chi connectivity index (χ0) is 8.98. The normalized spacial score (nSPS) is 43.5. The van der Waals surface area contributed by atoms with E-state index in [2.05, 4.69) is 20.4 Å². The van der Waals surface area contributed by atoms with Gasteiger partial charge in [0.15, 0.2) is 0 Å². The van der Waals surface area contributed by atoms with E-state index in [1.54, 1.807) is 0 Å². The summed E-state index contributed by atoms with van der Waals surface area (Å²) in [4.78, 5) is 11.7. The van der Waals surface area contributed by atoms with Gasteiger partial charge >= 0.3 is 0 Å². The van der Waals surface area contributed by atoms with Gasteiger partial charge in [0.25, 0.3) is 0 Å². The molecule has 0 aromatic heterocycles. The number of fused-ring (bicyclic) bond motifs is 2. The van der Waals surface area contributed by atoms with E-state index in [4.69, 9.17) is 0 Å². The number of hydrogen-bond acceptors (Lipinski definition) is 1. The van der Waals surface area contributed by atoms with E-state index in [0.29, 0.717) is 11.7 Å². The van der Waals surface area contributed by atoms with Gasteiger partial charge in [0.2, 0.25) is 0 Å². The number of Topliss-reactive ketones (excluding diaryl/α,β-unsaturated/α-hetero) is 1. The lowest BCUT2D eigenvalue weighted by molar-refractivity contribution is -0.126. The zero-order valence-electron chi connectivity index (χ0n) is 7.89. The summed E-state index contributed by atoms with van der Waals surface area (Å²) >= 11 is 0. The molecule has 2 aliphatic carbocycles. The molecule has 0 N–H and O–H groups in total. The Balaban J connectivity index is 2.52. The fourth-order valence-electron chi connectivity index (χ4n) is 3.19. The molecule has 0 heterocycles. The first-order valence-corrected chi connectivity index (χ1v) is 4.71. The van der Waals surface area contributed by atoms with Crippen molar-refractivity contribution in [1.82, 2.24) is 0 Å². The first kappa shape index (κ1) is 8.03. The molecule has 0 radical (unpaired) electrons. The molecule has 2 fully saturated rings. The molecule has 0 amide bonds. The molecule has 2 aliphatic rings. The molecule has 2 saturated carbocycles. The van der Waals surface area contributed by atoms with Crippen molar-refractivity contribution in [2.45, 2.75) is 33.1 Å². The Bertz CT molecular complexity index is 252. The molecule has 0 saturated heterocycles. The average Bonchev–Trinajstić information content (AvgIpc) is 2.36. The lowest BCUT2D eigenvalue weighted by Gasteiger charge is -2.33. The van der Waals surface area contributed by atoms with Crippen molar-refractivity contribution in [1.29, 1.82) is 0 Å². The van der Waals surface area contributed by atoms with Gasteiger partial charge in [0, 0.05) is 6.42 Å². The minimum absolute atomic E-state index is 0.169. The highest BCUT2D eigenvalue weighted by atomic mass is 16.1. The molecule has 66 valence electrons. The van der Waals surface area contributed by atoms with Crippen LogP contribution < -0.4 is 0 Å². The molecular formula is C11H16O. The fraction of sp³-hybridized carbons (Fsp3) is 0.727. The molecule has 0 aromatic carbocycles. The van der Waals surface area contributed by atoms with Gasteiger partial charge in [0.1, 0.15) is 5.78 Å². The Morgan fingerprint density at radius 3 is 2.50 bits per heavy atom. The minimum Gasteiger partial charge on any atom is -0.299 e. The van der Waals surface area contributed by atoms with Crippen LogP contribution in [-0.2, 0) is 4.79 Å². The molecule has 0 aromatic rings. The molecule has 12 heavy (non-hydrogen) atoms. The molecule has 2 atom stereocenters. The summed E-state index contributed by atoms with van der Waals surface area (Å²) in [6, 6.07) is 0. The highest BCUT2D eigenvalue weighted by Gasteiger charge is 2.62. The Hall–Kier alpha value is -0.590. The van der Waals surface area contributed by atoms with Gasteiger partial charge in [-0.15, -0.1) is 6.58 Å². The van der Waals surface area contributed by atoms with Crippen LogP contribution in [0, 0.1) is 16.7 Å². The summed E-state index contributed by atoms with van der Waals surface area (Å²) in [6.45, 7) is 8.28. The topological polar surface area (TPSA) is 17.1 Å². The van der Waals surface area contributed by atoms with Crippen LogP contribution in [0.25, 0.3) is 0 Å². The van der Waals surface area contributed by atoms with E-state index in [1.807, 2.05) is 6.08 Å². The standard InChI is InChI=1S/C11H16O/c1-4-11-6-5-8(7-9(11)12)10(11,2)3/h4,8H,1,5-7H2,2-3H3/t8?,11-/m1/s1. The van der Waals surface area contributed by atoms with E-state index in [9.17, 15) is 4.79 Å². The summed E-state index contributed by atoms with van der Waals surface area (Å²) in [6.07, 6.45) is 4.94. The Morgan fingerprint density at radius 2 is 2.25 bits per heavy atom. The molecule has 2 rings (SSSR count). The van der Waals surface area contributed by atoms with Crippen LogP contribution in [0.5, 0.6) is 0 Å². The predicted octanol–water partition coefficient (Wildman–Crippen LogP) is 2.57. The molecule has 1 nitrogen and oxygen atoms in total. The molecule has 2 bridgehead atoms. The second kappa shape index (κ2) is 2.01. The summed E-state index contributed by atoms with van der Waals surface area (Å²) in [5.74, 6) is 1.04. The maximum Gasteiger partial charge on any atom is 0.143 e. The van der Waals surface area contributed by atoms with Crippen molar-refractivity contribution in [3.05, 3.63) is 12.7 Å². The number of rotatable bonds is 1. The summed E-state index contributed by atoms with van der Waals surface area (Å²) in [5.41, 5.74) is 0.00347. The molecule has 0 spiro atoms. The van der Waals surface area contributed by atoms with E-state index in [0.717, 1.165) is 12.8 Å². The Kier molecular flexibility index (Phi) is 1.35. The maximum atomic E-state index is 11.7. The molecule has 0 aliphatic heterocycles. The van der Waals surface area contributed by atoms with Gasteiger partial charge in [-0.3, -0.25) is 4.79 Å². The van der Waals surface area contributed by atoms with Crippen molar-refractivity contribution in [3.8, 4) is 0 Å². The quantitative estimate of drug-likeness (QED) is 0.544. The minimum atomic E-state index is -0.169. The van der Waals surface area contributed by atoms with Crippen molar-refractivity contribution in [2.24, 2.45) is 16.7 Å². The molecule has 1 heteroatoms. The third-order valence-corrected chi connectivity index (χ3v) is 4.34. The van der Waals surface area contributed by atoms with Gasteiger partial charge in [-0.1, -0.05) is 19.9 Å². The van der Waals surface area contributed by atoms with Crippen LogP contribution in [-0.4, -0.2) is 5.78 Å². The van der Waals surface area contributed by atoms with E-state index < -0.39 is 0 Å². The number of ketones is 1. The SMILES string of the molecule is C=C[C@@]12CCC(CC1=O)C2(C)C. The van der Waals surface area contributed by atoms with Gasteiger partial charge < -0.3 is 0 Å². The van der Waals surface area contributed by atoms with Gasteiger partial charge in [-0.05, 0) is 24.2 Å². The van der Waals surface area contributed by atoms with E-state index >= 15 is 0 Å². The van der Waals surface area contributed by atoms with Gasteiger partial charge in [0.05, 0.1) is 5.41 Å². The third-order valence-electron chi connectivity index (χ3n) is 4.34. The summed E-state index contributed by atoms with van der Waals surface area (Å²) in [5, 5.41) is 0. The van der Waals surface area contributed by atoms with Crippen LogP contribution in [0.3, 0.4) is 0 Å². The van der Waals surface area contributed by atoms with E-state index in [1.165, 1.54) is 6.42 Å². The summed E-state index contributed by atoms with van der Waals surface area (Å²) < 4.78 is 0. The first-order chi connectivity index (χ1) is 5.54. The number of carbonyl (C=O) groups excluding carboxylic acids is 1. The van der Waals surface area contributed by atoms with Crippen LogP contribution in [0.15, 0.2) is 12.7 Å². The van der Waals surface area contributed by atoms with Crippen LogP contribution in [0.1, 0.15) is 33.1 Å². The molecule has 1 unspecified atom stereocenters. The first-order valence-electron chi connectivity index (χ1n) is 4.71. The van der Waals surface area contributed by atoms with Crippen LogP contribution in [0.4, 0.5) is 0 Å². The third kappa shape index (κ3) is 0.596. The number of carbonyl (C=O) groups is 1. The largest absolute Gasteiger partial charge is 0.299 e. The van der Waals surface area contributed by atoms with Crippen LogP contribution >= 0.6 is 0 Å². The summed E-state index contributed by atoms with van der Waals surface area (Å²) in [7, 11) is 0. The lowest BCUT2D eigenvalue weighted by Crippen LogP contribution is -2.33. The van der Waals surface area contributed by atoms with Crippen molar-refractivity contribution in [3.63, 3.8) is 0 Å². The second-order valence-corrected chi connectivity index (χ2v) is 4.76. The van der Waals surface area contributed by atoms with Crippen molar-refractivity contribution in [2.75, 3.05) is 0 Å². The van der Waals surface area contributed by atoms with E-state index in [-0.39, 0.29) is 10.8 Å². The Morgan fingerprint density at radius 1 is 1.58 bits per heavy atom. The van der Waals surface area contributed by atoms with Crippen molar-refractivity contribution >= 4 is 5.78 Å². The van der Waals surface area contributed by atoms with Gasteiger partial charge in [-0.25, -0.2) is 0 Å². The second-order valence-electron chi connectivity index (χ2n) is 4.76. The number of hydrogen-bond donors (Lipinski definition) is 0. The van der Waals surface area contributed by atoms with Crippen molar-refractivity contribution < 1.29 is 4.79 Å². The average molecular weight is 164 g/mol. The fourth-order valence-corrected chi connectivity index (χ4v) is 3.19. The highest BCUT2D eigenvalue weighted by molar-refractivity contribution is 5.91. The smallest absolute Gasteiger partial charge is 0.143 e. The number of allylic oxidation sites excluding steroid dienone is 1. The van der Waals surface area contributed by atoms with Gasteiger partial charge in [-0.2, -0.15) is 0 Å². The lowest BCUT2D eigenvalue weighted by atomic mass is 9.69. The zero-order valence-corrected chi connectivity index (χ0v) is 7.89. The highest BCUT2D eigenvalue weighted by Crippen LogP contribution is 2.64. The Labute approximate surface area is 73.8 Å². The maximum absolute atomic E-state index is 11.7.